The van der Waals surface area contributed by atoms with Crippen LogP contribution in [0, 0.1) is 0 Å². The zero-order valence-electron chi connectivity index (χ0n) is 6.58. The number of anilines is 1. The molecule has 1 N–H and O–H groups in total. The molecule has 2 heterocycles. The zero-order valence-corrected chi connectivity index (χ0v) is 8.17. The quantitative estimate of drug-likeness (QED) is 0.807. The molecule has 0 aliphatic heterocycles. The highest BCUT2D eigenvalue weighted by atomic mass is 79.9. The van der Waals surface area contributed by atoms with E-state index in [0.29, 0.717) is 0 Å². The molecule has 0 fully saturated rings. The summed E-state index contributed by atoms with van der Waals surface area (Å²) in [4.78, 5) is 4.28. The molecule has 12 heavy (non-hydrogen) atoms. The minimum absolute atomic E-state index is 0.845. The van der Waals surface area contributed by atoms with Gasteiger partial charge in [0.1, 0.15) is 4.60 Å². The lowest BCUT2D eigenvalue weighted by Gasteiger charge is -1.96. The van der Waals surface area contributed by atoms with Crippen molar-refractivity contribution in [1.82, 2.24) is 9.38 Å². The third-order valence-corrected chi connectivity index (χ3v) is 2.31. The van der Waals surface area contributed by atoms with Gasteiger partial charge in [-0.2, -0.15) is 0 Å². The molecule has 0 unspecified atom stereocenters. The number of nitrogens with one attached hydrogen (secondary N) is 1. The Morgan fingerprint density at radius 2 is 2.33 bits per heavy atom. The molecule has 0 bridgehead atoms. The van der Waals surface area contributed by atoms with Crippen LogP contribution in [-0.2, 0) is 0 Å². The van der Waals surface area contributed by atoms with E-state index in [1.807, 2.05) is 35.8 Å². The molecule has 0 atom stereocenters. The Bertz CT molecular complexity index is 408. The summed E-state index contributed by atoms with van der Waals surface area (Å²) in [7, 11) is 1.86. The lowest BCUT2D eigenvalue weighted by Crippen LogP contribution is -1.94. The number of fused-ring (bicyclic) bond motifs is 1. The molecule has 3 nitrogen and oxygen atoms in total. The van der Waals surface area contributed by atoms with Gasteiger partial charge in [-0.15, -0.1) is 0 Å². The van der Waals surface area contributed by atoms with Gasteiger partial charge in [-0.1, -0.05) is 6.07 Å². The molecular weight excluding hydrogens is 218 g/mol. The van der Waals surface area contributed by atoms with Gasteiger partial charge < -0.3 is 5.32 Å². The first-order valence-corrected chi connectivity index (χ1v) is 4.42. The molecule has 0 aliphatic carbocycles. The van der Waals surface area contributed by atoms with Crippen molar-refractivity contribution in [2.45, 2.75) is 0 Å². The van der Waals surface area contributed by atoms with E-state index in [1.165, 1.54) is 0 Å². The predicted octanol–water partition coefficient (Wildman–Crippen LogP) is 2.14. The maximum absolute atomic E-state index is 4.28. The van der Waals surface area contributed by atoms with Gasteiger partial charge in [0.05, 0.1) is 5.52 Å². The van der Waals surface area contributed by atoms with Crippen molar-refractivity contribution < 1.29 is 0 Å². The van der Waals surface area contributed by atoms with Crippen LogP contribution in [-0.4, -0.2) is 16.4 Å². The molecule has 0 spiro atoms. The third-order valence-electron chi connectivity index (χ3n) is 1.73. The SMILES string of the molecule is CNc1nc(Br)c2ccccn12. The van der Waals surface area contributed by atoms with Crippen LogP contribution >= 0.6 is 15.9 Å². The van der Waals surface area contributed by atoms with E-state index in [-0.39, 0.29) is 0 Å². The van der Waals surface area contributed by atoms with Crippen molar-refractivity contribution in [2.75, 3.05) is 12.4 Å². The average molecular weight is 226 g/mol. The van der Waals surface area contributed by atoms with Crippen molar-refractivity contribution in [2.24, 2.45) is 0 Å². The van der Waals surface area contributed by atoms with Crippen LogP contribution in [0.3, 0.4) is 0 Å². The number of hydrogen-bond acceptors (Lipinski definition) is 2. The van der Waals surface area contributed by atoms with Gasteiger partial charge >= 0.3 is 0 Å². The van der Waals surface area contributed by atoms with E-state index >= 15 is 0 Å². The summed E-state index contributed by atoms with van der Waals surface area (Å²) in [6.45, 7) is 0. The summed E-state index contributed by atoms with van der Waals surface area (Å²) < 4.78 is 2.86. The summed E-state index contributed by atoms with van der Waals surface area (Å²) in [6.07, 6.45) is 1.97. The predicted molar refractivity (Wildman–Crippen MR) is 52.4 cm³/mol. The highest BCUT2D eigenvalue weighted by Crippen LogP contribution is 2.20. The topological polar surface area (TPSA) is 29.3 Å². The van der Waals surface area contributed by atoms with E-state index in [0.717, 1.165) is 16.1 Å². The Labute approximate surface area is 78.6 Å². The molecule has 0 saturated carbocycles. The molecule has 2 aromatic rings. The largest absolute Gasteiger partial charge is 0.358 e. The van der Waals surface area contributed by atoms with E-state index < -0.39 is 0 Å². The smallest absolute Gasteiger partial charge is 0.208 e. The van der Waals surface area contributed by atoms with Crippen molar-refractivity contribution >= 4 is 27.4 Å². The minimum atomic E-state index is 0.845. The Morgan fingerprint density at radius 1 is 1.50 bits per heavy atom. The first-order valence-electron chi connectivity index (χ1n) is 3.63. The monoisotopic (exact) mass is 225 g/mol. The van der Waals surface area contributed by atoms with Crippen LogP contribution in [0.5, 0.6) is 0 Å². The standard InChI is InChI=1S/C8H8BrN3/c1-10-8-11-7(9)6-4-2-3-5-12(6)8/h2-5H,1H3,(H,10,11). The van der Waals surface area contributed by atoms with E-state index in [4.69, 9.17) is 0 Å². The molecule has 62 valence electrons. The number of halogens is 1. The van der Waals surface area contributed by atoms with Gasteiger partial charge in [-0.05, 0) is 28.1 Å². The van der Waals surface area contributed by atoms with Crippen molar-refractivity contribution in [3.8, 4) is 0 Å². The van der Waals surface area contributed by atoms with Gasteiger partial charge in [0.2, 0.25) is 5.95 Å². The van der Waals surface area contributed by atoms with E-state index in [9.17, 15) is 0 Å². The maximum Gasteiger partial charge on any atom is 0.208 e. The second kappa shape index (κ2) is 2.79. The fourth-order valence-corrected chi connectivity index (χ4v) is 1.67. The molecule has 4 heteroatoms. The highest BCUT2D eigenvalue weighted by molar-refractivity contribution is 9.10. The summed E-state index contributed by atoms with van der Waals surface area (Å²) in [5.74, 6) is 0.845. The molecule has 0 saturated heterocycles. The second-order valence-corrected chi connectivity index (χ2v) is 3.18. The van der Waals surface area contributed by atoms with Crippen LogP contribution in [0.25, 0.3) is 5.52 Å². The molecule has 0 radical (unpaired) electrons. The summed E-state index contributed by atoms with van der Waals surface area (Å²) in [5.41, 5.74) is 1.07. The summed E-state index contributed by atoms with van der Waals surface area (Å²) in [5, 5.41) is 3.01. The average Bonchev–Trinajstić information content (AvgIpc) is 2.44. The molecule has 0 aliphatic rings. The number of aromatic nitrogens is 2. The normalized spacial score (nSPS) is 10.5. The van der Waals surface area contributed by atoms with Gasteiger partial charge in [0.25, 0.3) is 0 Å². The van der Waals surface area contributed by atoms with Crippen LogP contribution in [0.1, 0.15) is 0 Å². The number of imidazole rings is 1. The summed E-state index contributed by atoms with van der Waals surface area (Å²) >= 11 is 3.39. The van der Waals surface area contributed by atoms with Gasteiger partial charge in [-0.3, -0.25) is 4.40 Å². The number of pyridine rings is 1. The van der Waals surface area contributed by atoms with Crippen LogP contribution in [0.2, 0.25) is 0 Å². The molecule has 0 amide bonds. The molecular formula is C8H8BrN3. The van der Waals surface area contributed by atoms with Crippen molar-refractivity contribution in [3.63, 3.8) is 0 Å². The maximum atomic E-state index is 4.28. The van der Waals surface area contributed by atoms with E-state index in [2.05, 4.69) is 26.2 Å². The first-order chi connectivity index (χ1) is 5.83. The number of nitrogens with zero attached hydrogens (tertiary/aromatic N) is 2. The molecule has 0 aromatic carbocycles. The van der Waals surface area contributed by atoms with Crippen LogP contribution < -0.4 is 5.32 Å². The van der Waals surface area contributed by atoms with Crippen LogP contribution in [0.15, 0.2) is 29.0 Å². The zero-order chi connectivity index (χ0) is 8.55. The third kappa shape index (κ3) is 0.992. The fourth-order valence-electron chi connectivity index (χ4n) is 1.18. The van der Waals surface area contributed by atoms with Gasteiger partial charge in [-0.25, -0.2) is 4.98 Å². The lowest BCUT2D eigenvalue weighted by molar-refractivity contribution is 1.14. The Kier molecular flexibility index (Phi) is 1.77. The lowest BCUT2D eigenvalue weighted by atomic mass is 10.4. The number of rotatable bonds is 1. The Morgan fingerprint density at radius 3 is 3.08 bits per heavy atom. The highest BCUT2D eigenvalue weighted by Gasteiger charge is 2.04. The number of hydrogen-bond donors (Lipinski definition) is 1. The fraction of sp³-hybridized carbons (Fsp3) is 0.125. The molecule has 2 rings (SSSR count). The first kappa shape index (κ1) is 7.61. The van der Waals surface area contributed by atoms with Gasteiger partial charge in [0, 0.05) is 13.2 Å². The van der Waals surface area contributed by atoms with E-state index in [1.54, 1.807) is 0 Å². The van der Waals surface area contributed by atoms with Crippen LogP contribution in [0.4, 0.5) is 5.95 Å². The van der Waals surface area contributed by atoms with Crippen molar-refractivity contribution in [1.29, 1.82) is 0 Å². The Hall–Kier alpha value is -1.03. The summed E-state index contributed by atoms with van der Waals surface area (Å²) in [6, 6.07) is 5.97. The minimum Gasteiger partial charge on any atom is -0.358 e. The Balaban J connectivity index is 2.82. The molecule has 2 aromatic heterocycles. The van der Waals surface area contributed by atoms with Crippen molar-refractivity contribution in [3.05, 3.63) is 29.0 Å². The second-order valence-electron chi connectivity index (χ2n) is 2.43. The van der Waals surface area contributed by atoms with Gasteiger partial charge in [0.15, 0.2) is 0 Å².